The zero-order valence-corrected chi connectivity index (χ0v) is 17.0. The van der Waals surface area contributed by atoms with Gasteiger partial charge in [-0.2, -0.15) is 5.26 Å². The van der Waals surface area contributed by atoms with E-state index in [2.05, 4.69) is 25.6 Å². The predicted molar refractivity (Wildman–Crippen MR) is 115 cm³/mol. The van der Waals surface area contributed by atoms with Crippen LogP contribution in [0.15, 0.2) is 47.7 Å². The molecule has 0 unspecified atom stereocenters. The molecule has 30 heavy (non-hydrogen) atoms. The molecule has 152 valence electrons. The first-order chi connectivity index (χ1) is 14.5. The number of nitrogens with one attached hydrogen (secondary N) is 2. The van der Waals surface area contributed by atoms with E-state index in [1.807, 2.05) is 32.0 Å². The number of nitrogens with zero attached hydrogens (tertiary/aromatic N) is 5. The molecule has 3 aromatic rings. The Morgan fingerprint density at radius 2 is 1.80 bits per heavy atom. The van der Waals surface area contributed by atoms with E-state index in [9.17, 15) is 4.79 Å². The van der Waals surface area contributed by atoms with Gasteiger partial charge in [0.05, 0.1) is 29.5 Å². The van der Waals surface area contributed by atoms with Crippen LogP contribution in [-0.4, -0.2) is 31.6 Å². The molecule has 0 spiro atoms. The van der Waals surface area contributed by atoms with Crippen LogP contribution in [0.4, 0.5) is 11.6 Å². The van der Waals surface area contributed by atoms with Gasteiger partial charge in [-0.25, -0.2) is 9.97 Å². The number of nitriles is 1. The van der Waals surface area contributed by atoms with Crippen molar-refractivity contribution in [1.82, 2.24) is 19.5 Å². The van der Waals surface area contributed by atoms with Crippen molar-refractivity contribution in [3.8, 4) is 11.8 Å². The van der Waals surface area contributed by atoms with Crippen molar-refractivity contribution >= 4 is 11.6 Å². The fourth-order valence-electron chi connectivity index (χ4n) is 3.67. The fourth-order valence-corrected chi connectivity index (χ4v) is 3.67. The number of pyridine rings is 2. The van der Waals surface area contributed by atoms with Crippen molar-refractivity contribution in [2.24, 2.45) is 0 Å². The predicted octanol–water partition coefficient (Wildman–Crippen LogP) is 2.96. The number of rotatable bonds is 5. The molecule has 3 heterocycles. The molecule has 0 radical (unpaired) electrons. The summed E-state index contributed by atoms with van der Waals surface area (Å²) < 4.78 is 1.43. The Morgan fingerprint density at radius 3 is 2.47 bits per heavy atom. The lowest BCUT2D eigenvalue weighted by Crippen LogP contribution is -2.22. The summed E-state index contributed by atoms with van der Waals surface area (Å²) in [5.74, 6) is 1.58. The summed E-state index contributed by atoms with van der Waals surface area (Å²) >= 11 is 0. The largest absolute Gasteiger partial charge is 0.367 e. The highest BCUT2D eigenvalue weighted by Gasteiger charge is 2.25. The standard InChI is InChI=1S/C22H23N7O/c1-14-15(2)26-21(13-24-14)28-18-6-5-17(10-18)27-20-8-7-19(12-25-20)29-9-3-4-16(11-23)22(29)30/h3-4,7-9,12-13,17-18H,5-6,10H2,1-2H3,(H,25,27)(H,26,28)/t17-,18-/m0/s1. The van der Waals surface area contributed by atoms with Gasteiger partial charge in [0, 0.05) is 18.3 Å². The SMILES string of the molecule is Cc1ncc(N[C@H]2CC[C@H](Nc3ccc(-n4cccc(C#N)c4=O)cn3)C2)nc1C. The monoisotopic (exact) mass is 401 g/mol. The van der Waals surface area contributed by atoms with Crippen LogP contribution in [0.25, 0.3) is 5.69 Å². The summed E-state index contributed by atoms with van der Waals surface area (Å²) in [5.41, 5.74) is 2.28. The van der Waals surface area contributed by atoms with Crippen molar-refractivity contribution in [2.45, 2.75) is 45.2 Å². The number of hydrogen-bond acceptors (Lipinski definition) is 7. The molecule has 2 atom stereocenters. The maximum absolute atomic E-state index is 12.3. The summed E-state index contributed by atoms with van der Waals surface area (Å²) in [4.78, 5) is 25.6. The highest BCUT2D eigenvalue weighted by molar-refractivity contribution is 5.43. The second-order valence-corrected chi connectivity index (χ2v) is 7.53. The molecule has 3 aromatic heterocycles. The van der Waals surface area contributed by atoms with E-state index >= 15 is 0 Å². The van der Waals surface area contributed by atoms with E-state index in [4.69, 9.17) is 5.26 Å². The molecule has 0 saturated heterocycles. The Kier molecular flexibility index (Phi) is 5.44. The van der Waals surface area contributed by atoms with Gasteiger partial charge in [-0.1, -0.05) is 0 Å². The van der Waals surface area contributed by atoms with Crippen molar-refractivity contribution in [3.63, 3.8) is 0 Å². The van der Waals surface area contributed by atoms with Crippen molar-refractivity contribution in [3.05, 3.63) is 70.2 Å². The summed E-state index contributed by atoms with van der Waals surface area (Å²) in [6.45, 7) is 3.92. The van der Waals surface area contributed by atoms with Crippen LogP contribution in [0.5, 0.6) is 0 Å². The molecule has 0 aliphatic heterocycles. The van der Waals surface area contributed by atoms with Crippen LogP contribution < -0.4 is 16.2 Å². The van der Waals surface area contributed by atoms with E-state index in [1.165, 1.54) is 10.6 Å². The van der Waals surface area contributed by atoms with Gasteiger partial charge in [0.1, 0.15) is 23.3 Å². The van der Waals surface area contributed by atoms with Gasteiger partial charge < -0.3 is 10.6 Å². The first-order valence-electron chi connectivity index (χ1n) is 9.95. The lowest BCUT2D eigenvalue weighted by atomic mass is 10.2. The number of anilines is 2. The second-order valence-electron chi connectivity index (χ2n) is 7.53. The Hall–Kier alpha value is -3.73. The molecule has 1 aliphatic rings. The molecular weight excluding hydrogens is 378 g/mol. The third kappa shape index (κ3) is 4.15. The zero-order valence-electron chi connectivity index (χ0n) is 17.0. The fraction of sp³-hybridized carbons (Fsp3) is 0.318. The average molecular weight is 401 g/mol. The van der Waals surface area contributed by atoms with Gasteiger partial charge in [0.15, 0.2) is 0 Å². The molecule has 0 aromatic carbocycles. The van der Waals surface area contributed by atoms with Gasteiger partial charge in [-0.05, 0) is 57.4 Å². The van der Waals surface area contributed by atoms with Gasteiger partial charge in [-0.3, -0.25) is 14.3 Å². The molecular formula is C22H23N7O. The maximum atomic E-state index is 12.3. The van der Waals surface area contributed by atoms with E-state index in [0.29, 0.717) is 17.8 Å². The maximum Gasteiger partial charge on any atom is 0.273 e. The van der Waals surface area contributed by atoms with Gasteiger partial charge >= 0.3 is 0 Å². The van der Waals surface area contributed by atoms with E-state index in [-0.39, 0.29) is 11.1 Å². The summed E-state index contributed by atoms with van der Waals surface area (Å²) in [5, 5.41) is 16.0. The first kappa shape index (κ1) is 19.6. The number of hydrogen-bond donors (Lipinski definition) is 2. The normalized spacial score (nSPS) is 18.0. The molecule has 4 rings (SSSR count). The van der Waals surface area contributed by atoms with Gasteiger partial charge in [-0.15, -0.1) is 0 Å². The lowest BCUT2D eigenvalue weighted by Gasteiger charge is -2.16. The van der Waals surface area contributed by atoms with Crippen LogP contribution in [0, 0.1) is 25.2 Å². The third-order valence-corrected chi connectivity index (χ3v) is 5.42. The Labute approximate surface area is 174 Å². The van der Waals surface area contributed by atoms with Crippen LogP contribution in [0.1, 0.15) is 36.2 Å². The van der Waals surface area contributed by atoms with E-state index < -0.39 is 0 Å². The Bertz CT molecular complexity index is 1150. The van der Waals surface area contributed by atoms with Crippen molar-refractivity contribution < 1.29 is 0 Å². The second kappa shape index (κ2) is 8.33. The summed E-state index contributed by atoms with van der Waals surface area (Å²) in [6, 6.07) is 9.43. The van der Waals surface area contributed by atoms with Crippen LogP contribution in [-0.2, 0) is 0 Å². The highest BCUT2D eigenvalue weighted by Crippen LogP contribution is 2.25. The van der Waals surface area contributed by atoms with E-state index in [0.717, 1.165) is 42.3 Å². The molecule has 0 amide bonds. The zero-order chi connectivity index (χ0) is 21.1. The molecule has 8 heteroatoms. The topological polar surface area (TPSA) is 109 Å². The minimum atomic E-state index is -0.346. The van der Waals surface area contributed by atoms with Gasteiger partial charge in [0.2, 0.25) is 0 Å². The quantitative estimate of drug-likeness (QED) is 0.676. The number of aryl methyl sites for hydroxylation is 2. The highest BCUT2D eigenvalue weighted by atomic mass is 16.1. The average Bonchev–Trinajstić information content (AvgIpc) is 3.18. The minimum Gasteiger partial charge on any atom is -0.367 e. The molecule has 1 saturated carbocycles. The first-order valence-corrected chi connectivity index (χ1v) is 9.95. The summed E-state index contributed by atoms with van der Waals surface area (Å²) in [7, 11) is 0. The molecule has 2 N–H and O–H groups in total. The Morgan fingerprint density at radius 1 is 1.03 bits per heavy atom. The molecule has 1 aliphatic carbocycles. The van der Waals surface area contributed by atoms with Crippen LogP contribution in [0.2, 0.25) is 0 Å². The van der Waals surface area contributed by atoms with Gasteiger partial charge in [0.25, 0.3) is 5.56 Å². The van der Waals surface area contributed by atoms with Crippen LogP contribution >= 0.6 is 0 Å². The molecule has 8 nitrogen and oxygen atoms in total. The lowest BCUT2D eigenvalue weighted by molar-refractivity contribution is 0.718. The van der Waals surface area contributed by atoms with E-state index in [1.54, 1.807) is 24.7 Å². The summed E-state index contributed by atoms with van der Waals surface area (Å²) in [6.07, 6.45) is 8.09. The molecule has 0 bridgehead atoms. The smallest absolute Gasteiger partial charge is 0.273 e. The van der Waals surface area contributed by atoms with Crippen LogP contribution in [0.3, 0.4) is 0 Å². The molecule has 1 fully saturated rings. The third-order valence-electron chi connectivity index (χ3n) is 5.42. The minimum absolute atomic E-state index is 0.109. The van der Waals surface area contributed by atoms with Crippen molar-refractivity contribution in [1.29, 1.82) is 5.26 Å². The van der Waals surface area contributed by atoms with Crippen molar-refractivity contribution in [2.75, 3.05) is 10.6 Å². The Balaban J connectivity index is 1.38. The number of aromatic nitrogens is 4.